The van der Waals surface area contributed by atoms with Crippen molar-refractivity contribution in [1.29, 1.82) is 0 Å². The second kappa shape index (κ2) is 15.3. The summed E-state index contributed by atoms with van der Waals surface area (Å²) in [6, 6.07) is 34.3. The van der Waals surface area contributed by atoms with Crippen molar-refractivity contribution in [3.05, 3.63) is 137 Å². The van der Waals surface area contributed by atoms with Crippen molar-refractivity contribution in [3.63, 3.8) is 0 Å². The molecule has 0 aromatic heterocycles. The third-order valence-electron chi connectivity index (χ3n) is 7.63. The number of benzene rings is 5. The van der Waals surface area contributed by atoms with E-state index >= 15 is 0 Å². The Hall–Kier alpha value is -6.02. The summed E-state index contributed by atoms with van der Waals surface area (Å²) in [4.78, 5) is 45.6. The Morgan fingerprint density at radius 3 is 1.33 bits per heavy atom. The summed E-state index contributed by atoms with van der Waals surface area (Å²) < 4.78 is 11.9. The molecular weight excluding hydrogens is 616 g/mol. The zero-order chi connectivity index (χ0) is 35.9. The average molecular weight is 657 g/mol. The van der Waals surface area contributed by atoms with Crippen LogP contribution in [0.5, 0.6) is 23.0 Å². The number of carbonyl (C=O) groups is 4. The average Bonchev–Trinajstić information content (AvgIpc) is 3.05. The number of anilines is 1. The molecule has 5 aromatic carbocycles. The van der Waals surface area contributed by atoms with E-state index in [2.05, 4.69) is 45.0 Å². The third-order valence-corrected chi connectivity index (χ3v) is 7.63. The number of primary amides is 1. The Morgan fingerprint density at radius 1 is 0.510 bits per heavy atom. The molecule has 0 bridgehead atoms. The summed E-state index contributed by atoms with van der Waals surface area (Å²) in [5.41, 5.74) is 15.5. The molecule has 1 amide bonds. The summed E-state index contributed by atoms with van der Waals surface area (Å²) >= 11 is 0. The molecule has 0 radical (unpaired) electrons. The molecule has 49 heavy (non-hydrogen) atoms. The van der Waals surface area contributed by atoms with E-state index in [0.29, 0.717) is 5.69 Å². The van der Waals surface area contributed by atoms with Gasteiger partial charge in [0.1, 0.15) is 23.0 Å². The lowest BCUT2D eigenvalue weighted by Crippen LogP contribution is -2.18. The van der Waals surface area contributed by atoms with Gasteiger partial charge in [0.15, 0.2) is 17.3 Å². The highest BCUT2D eigenvalue weighted by Gasteiger charge is 2.20. The maximum Gasteiger partial charge on any atom is 0.249 e. The molecule has 0 saturated heterocycles. The van der Waals surface area contributed by atoms with Gasteiger partial charge in [-0.1, -0.05) is 63.2 Å². The summed E-state index contributed by atoms with van der Waals surface area (Å²) in [7, 11) is 0. The van der Waals surface area contributed by atoms with Gasteiger partial charge in [0, 0.05) is 28.4 Å². The molecule has 0 unspecified atom stereocenters. The second-order valence-corrected chi connectivity index (χ2v) is 12.6. The predicted molar refractivity (Wildman–Crippen MR) is 193 cm³/mol. The van der Waals surface area contributed by atoms with Gasteiger partial charge >= 0.3 is 0 Å². The van der Waals surface area contributed by atoms with E-state index in [1.807, 2.05) is 72.8 Å². The monoisotopic (exact) mass is 656 g/mol. The van der Waals surface area contributed by atoms with Crippen LogP contribution < -0.4 is 20.9 Å². The van der Waals surface area contributed by atoms with Crippen LogP contribution >= 0.6 is 0 Å². The highest BCUT2D eigenvalue weighted by atomic mass is 16.5. The van der Waals surface area contributed by atoms with Crippen molar-refractivity contribution in [3.8, 4) is 34.1 Å². The molecule has 0 spiro atoms. The predicted octanol–water partition coefficient (Wildman–Crippen LogP) is 9.21. The summed E-state index contributed by atoms with van der Waals surface area (Å²) in [6.07, 6.45) is 0. The van der Waals surface area contributed by atoms with Crippen LogP contribution in [-0.4, -0.2) is 23.3 Å². The Morgan fingerprint density at radius 2 is 0.918 bits per heavy atom. The Balaban J connectivity index is 0.000000257. The number of hydrogen-bond acceptors (Lipinski definition) is 7. The number of Topliss-reactive ketones (excluding diaryl/α,β-unsaturated/α-hetero) is 3. The van der Waals surface area contributed by atoms with Crippen molar-refractivity contribution >= 4 is 28.9 Å². The molecule has 0 aliphatic heterocycles. The van der Waals surface area contributed by atoms with Gasteiger partial charge in [-0.05, 0) is 104 Å². The first-order chi connectivity index (χ1) is 23.1. The largest absolute Gasteiger partial charge is 0.457 e. The highest BCUT2D eigenvalue weighted by Crippen LogP contribution is 2.31. The van der Waals surface area contributed by atoms with Gasteiger partial charge in [-0.25, -0.2) is 0 Å². The number of ether oxygens (including phenoxy) is 2. The maximum absolute atomic E-state index is 11.4. The Bertz CT molecular complexity index is 1910. The lowest BCUT2D eigenvalue weighted by Gasteiger charge is -2.19. The lowest BCUT2D eigenvalue weighted by molar-refractivity contribution is 0.0966. The quantitative estimate of drug-likeness (QED) is 0.119. The first-order valence-corrected chi connectivity index (χ1v) is 15.7. The third kappa shape index (κ3) is 9.51. The molecule has 0 aliphatic carbocycles. The number of amides is 1. The van der Waals surface area contributed by atoms with Crippen LogP contribution in [0.4, 0.5) is 5.69 Å². The van der Waals surface area contributed by atoms with Gasteiger partial charge in [-0.15, -0.1) is 0 Å². The first-order valence-electron chi connectivity index (χ1n) is 15.7. The zero-order valence-electron chi connectivity index (χ0n) is 28.5. The van der Waals surface area contributed by atoms with Crippen molar-refractivity contribution in [2.75, 3.05) is 5.73 Å². The van der Waals surface area contributed by atoms with Gasteiger partial charge in [0.2, 0.25) is 5.91 Å². The normalized spacial score (nSPS) is 10.7. The highest BCUT2D eigenvalue weighted by molar-refractivity contribution is 6.13. The molecule has 8 heteroatoms. The van der Waals surface area contributed by atoms with Crippen molar-refractivity contribution in [1.82, 2.24) is 0 Å². The number of ketones is 3. The topological polar surface area (TPSA) is 139 Å². The number of carbonyl (C=O) groups excluding carboxylic acids is 4. The molecule has 8 nitrogen and oxygen atoms in total. The van der Waals surface area contributed by atoms with Crippen molar-refractivity contribution in [2.24, 2.45) is 5.73 Å². The van der Waals surface area contributed by atoms with E-state index in [1.54, 1.807) is 0 Å². The van der Waals surface area contributed by atoms with E-state index in [1.165, 1.54) is 38.5 Å². The molecule has 0 fully saturated rings. The second-order valence-electron chi connectivity index (χ2n) is 12.6. The van der Waals surface area contributed by atoms with E-state index in [9.17, 15) is 19.2 Å². The molecule has 0 aliphatic rings. The minimum absolute atomic E-state index is 0.0438. The number of nitrogen functional groups attached to an aromatic ring is 1. The molecular formula is C41H40N2O6. The minimum atomic E-state index is -0.808. The fourth-order valence-electron chi connectivity index (χ4n) is 4.98. The maximum atomic E-state index is 11.4. The smallest absolute Gasteiger partial charge is 0.249 e. The van der Waals surface area contributed by atoms with Crippen molar-refractivity contribution < 1.29 is 28.7 Å². The van der Waals surface area contributed by atoms with Crippen molar-refractivity contribution in [2.45, 2.75) is 47.0 Å². The summed E-state index contributed by atoms with van der Waals surface area (Å²) in [5, 5.41) is 0. The molecule has 250 valence electrons. The fourth-order valence-corrected chi connectivity index (χ4v) is 4.98. The fraction of sp³-hybridized carbons (Fsp3) is 0.171. The van der Waals surface area contributed by atoms with Crippen LogP contribution in [0, 0.1) is 0 Å². The number of hydrogen-bond donors (Lipinski definition) is 2. The Kier molecular flexibility index (Phi) is 11.2. The first kappa shape index (κ1) is 35.8. The molecule has 0 heterocycles. The minimum Gasteiger partial charge on any atom is -0.457 e. The van der Waals surface area contributed by atoms with Gasteiger partial charge in [0.05, 0.1) is 5.56 Å². The molecule has 5 aromatic rings. The molecule has 0 atom stereocenters. The van der Waals surface area contributed by atoms with Crippen LogP contribution in [-0.2, 0) is 5.41 Å². The van der Waals surface area contributed by atoms with E-state index < -0.39 is 5.91 Å². The molecule has 4 N–H and O–H groups in total. The summed E-state index contributed by atoms with van der Waals surface area (Å²) in [5.74, 6) is 1.26. The van der Waals surface area contributed by atoms with E-state index in [0.717, 1.165) is 34.1 Å². The van der Waals surface area contributed by atoms with Gasteiger partial charge in [-0.3, -0.25) is 19.2 Å². The molecule has 0 saturated carbocycles. The SMILES string of the molecule is CC(=O)c1cc(C(C)=O)c(C(N)=O)cc1C(C)=O.CC(C)(C)c1cccc(Oc2ccc(-c3ccc(Oc4cccc(N)c4)cc3)cc2)c1. The van der Waals surface area contributed by atoms with Crippen LogP contribution in [0.15, 0.2) is 109 Å². The molecule has 5 rings (SSSR count). The van der Waals surface area contributed by atoms with Gasteiger partial charge in [0.25, 0.3) is 0 Å². The number of nitrogens with two attached hydrogens (primary N) is 2. The van der Waals surface area contributed by atoms with Crippen LogP contribution in [0.1, 0.15) is 88.5 Å². The zero-order valence-corrected chi connectivity index (χ0v) is 28.5. The van der Waals surface area contributed by atoms with Crippen LogP contribution in [0.2, 0.25) is 0 Å². The van der Waals surface area contributed by atoms with E-state index in [-0.39, 0.29) is 45.0 Å². The van der Waals surface area contributed by atoms with Gasteiger partial charge in [-0.2, -0.15) is 0 Å². The van der Waals surface area contributed by atoms with E-state index in [4.69, 9.17) is 20.9 Å². The standard InChI is InChI=1S/C28H27NO2.C13H13NO4/c1-28(2,3)22-6-4-8-26(18-22)30-24-14-10-20(11-15-24)21-12-16-25(17-13-21)31-27-9-5-7-23(29)19-27;1-6(15)9-4-11(8(3)17)12(13(14)18)5-10(9)7(2)16/h4-19H,29H2,1-3H3;4-5H,1-3H3,(H2,14,18). The summed E-state index contributed by atoms with van der Waals surface area (Å²) in [6.45, 7) is 10.4. The van der Waals surface area contributed by atoms with Crippen LogP contribution in [0.25, 0.3) is 11.1 Å². The van der Waals surface area contributed by atoms with Crippen LogP contribution in [0.3, 0.4) is 0 Å². The number of rotatable bonds is 9. The van der Waals surface area contributed by atoms with Gasteiger partial charge < -0.3 is 20.9 Å². The Labute approximate surface area is 286 Å². The lowest BCUT2D eigenvalue weighted by atomic mass is 9.87.